The number of carbonyl (C=O) groups is 1. The average Bonchev–Trinajstić information content (AvgIpc) is 2.19. The maximum atomic E-state index is 11.5. The van der Waals surface area contributed by atoms with Gasteiger partial charge in [-0.15, -0.1) is 0 Å². The maximum Gasteiger partial charge on any atom is 0.304 e. The largest absolute Gasteiger partial charge is 0.481 e. The van der Waals surface area contributed by atoms with Crippen LogP contribution in [-0.2, 0) is 14.8 Å². The van der Waals surface area contributed by atoms with Crippen LogP contribution in [-0.4, -0.2) is 31.3 Å². The molecule has 5 nitrogen and oxygen atoms in total. The molecule has 0 amide bonds. The molecule has 94 valence electrons. The van der Waals surface area contributed by atoms with Gasteiger partial charge in [-0.25, -0.2) is 13.1 Å². The van der Waals surface area contributed by atoms with Crippen molar-refractivity contribution in [1.29, 1.82) is 0 Å². The summed E-state index contributed by atoms with van der Waals surface area (Å²) in [6, 6.07) is -0.00463. The van der Waals surface area contributed by atoms with Crippen molar-refractivity contribution in [2.75, 3.05) is 5.75 Å². The van der Waals surface area contributed by atoms with Crippen molar-refractivity contribution >= 4 is 16.0 Å². The van der Waals surface area contributed by atoms with Gasteiger partial charge in [0.15, 0.2) is 0 Å². The summed E-state index contributed by atoms with van der Waals surface area (Å²) in [6.07, 6.45) is 3.44. The SMILES string of the molecule is CC1CCC(NS(=O)(=O)CCC(=O)O)CC1. The molecule has 0 heterocycles. The fourth-order valence-electron chi connectivity index (χ4n) is 1.91. The van der Waals surface area contributed by atoms with Crippen LogP contribution in [0.15, 0.2) is 0 Å². The summed E-state index contributed by atoms with van der Waals surface area (Å²) in [5.74, 6) is -0.739. The normalized spacial score (nSPS) is 26.6. The van der Waals surface area contributed by atoms with E-state index in [0.717, 1.165) is 25.7 Å². The molecule has 1 fully saturated rings. The first kappa shape index (κ1) is 13.4. The first-order valence-corrected chi connectivity index (χ1v) is 7.26. The van der Waals surface area contributed by atoms with E-state index in [0.29, 0.717) is 5.92 Å². The number of carboxylic acid groups (broad SMARTS) is 1. The number of sulfonamides is 1. The third-order valence-corrected chi connectivity index (χ3v) is 4.38. The van der Waals surface area contributed by atoms with E-state index in [1.807, 2.05) is 0 Å². The highest BCUT2D eigenvalue weighted by molar-refractivity contribution is 7.89. The highest BCUT2D eigenvalue weighted by atomic mass is 32.2. The zero-order valence-corrected chi connectivity index (χ0v) is 10.3. The number of nitrogens with one attached hydrogen (secondary N) is 1. The maximum absolute atomic E-state index is 11.5. The molecule has 0 radical (unpaired) electrons. The third-order valence-electron chi connectivity index (χ3n) is 2.95. The summed E-state index contributed by atoms with van der Waals surface area (Å²) in [5.41, 5.74) is 0. The van der Waals surface area contributed by atoms with Crippen LogP contribution >= 0.6 is 0 Å². The molecule has 0 aromatic carbocycles. The quantitative estimate of drug-likeness (QED) is 0.760. The van der Waals surface area contributed by atoms with Crippen molar-refractivity contribution < 1.29 is 18.3 Å². The molecule has 2 N–H and O–H groups in total. The average molecular weight is 249 g/mol. The van der Waals surface area contributed by atoms with E-state index in [4.69, 9.17) is 5.11 Å². The van der Waals surface area contributed by atoms with Crippen molar-refractivity contribution in [3.8, 4) is 0 Å². The van der Waals surface area contributed by atoms with Gasteiger partial charge < -0.3 is 5.11 Å². The fraction of sp³-hybridized carbons (Fsp3) is 0.900. The summed E-state index contributed by atoms with van der Waals surface area (Å²) in [5, 5.41) is 8.43. The van der Waals surface area contributed by atoms with Gasteiger partial charge in [0, 0.05) is 6.04 Å². The van der Waals surface area contributed by atoms with Gasteiger partial charge in [0.05, 0.1) is 12.2 Å². The Labute approximate surface area is 96.3 Å². The lowest BCUT2D eigenvalue weighted by Crippen LogP contribution is -2.38. The van der Waals surface area contributed by atoms with E-state index in [1.54, 1.807) is 0 Å². The number of aliphatic carboxylic acids is 1. The van der Waals surface area contributed by atoms with Crippen molar-refractivity contribution in [1.82, 2.24) is 4.72 Å². The minimum Gasteiger partial charge on any atom is -0.481 e. The predicted octanol–water partition coefficient (Wildman–Crippen LogP) is 0.959. The van der Waals surface area contributed by atoms with Crippen LogP contribution in [0.5, 0.6) is 0 Å². The molecule has 0 unspecified atom stereocenters. The van der Waals surface area contributed by atoms with Crippen molar-refractivity contribution in [2.24, 2.45) is 5.92 Å². The molecular formula is C10H19NO4S. The fourth-order valence-corrected chi connectivity index (χ4v) is 3.22. The van der Waals surface area contributed by atoms with Crippen LogP contribution in [0, 0.1) is 5.92 Å². The highest BCUT2D eigenvalue weighted by Crippen LogP contribution is 2.23. The van der Waals surface area contributed by atoms with Crippen LogP contribution in [0.4, 0.5) is 0 Å². The van der Waals surface area contributed by atoms with Gasteiger partial charge in [0.2, 0.25) is 10.0 Å². The second kappa shape index (κ2) is 5.63. The Morgan fingerprint density at radius 1 is 1.31 bits per heavy atom. The third kappa shape index (κ3) is 4.94. The number of rotatable bonds is 5. The van der Waals surface area contributed by atoms with E-state index in [9.17, 15) is 13.2 Å². The van der Waals surface area contributed by atoms with Crippen LogP contribution in [0.3, 0.4) is 0 Å². The summed E-state index contributed by atoms with van der Waals surface area (Å²) in [4.78, 5) is 10.3. The molecule has 6 heteroatoms. The van der Waals surface area contributed by atoms with Crippen LogP contribution in [0.2, 0.25) is 0 Å². The number of hydrogen-bond acceptors (Lipinski definition) is 3. The minimum atomic E-state index is -3.42. The van der Waals surface area contributed by atoms with E-state index in [2.05, 4.69) is 11.6 Å². The highest BCUT2D eigenvalue weighted by Gasteiger charge is 2.23. The van der Waals surface area contributed by atoms with Crippen molar-refractivity contribution in [3.05, 3.63) is 0 Å². The van der Waals surface area contributed by atoms with Crippen LogP contribution < -0.4 is 4.72 Å². The monoisotopic (exact) mass is 249 g/mol. The molecule has 0 spiro atoms. The topological polar surface area (TPSA) is 83.5 Å². The summed E-state index contributed by atoms with van der Waals surface area (Å²) >= 11 is 0. The zero-order valence-electron chi connectivity index (χ0n) is 9.48. The van der Waals surface area contributed by atoms with E-state index in [1.165, 1.54) is 0 Å². The molecule has 0 aromatic heterocycles. The smallest absolute Gasteiger partial charge is 0.304 e. The van der Waals surface area contributed by atoms with Crippen LogP contribution in [0.1, 0.15) is 39.0 Å². The van der Waals surface area contributed by atoms with E-state index < -0.39 is 16.0 Å². The molecule has 0 aliphatic heterocycles. The van der Waals surface area contributed by atoms with Crippen LogP contribution in [0.25, 0.3) is 0 Å². The van der Waals surface area contributed by atoms with E-state index >= 15 is 0 Å². The van der Waals surface area contributed by atoms with Gasteiger partial charge >= 0.3 is 5.97 Å². The summed E-state index contributed by atoms with van der Waals surface area (Å²) in [6.45, 7) is 2.16. The lowest BCUT2D eigenvalue weighted by Gasteiger charge is -2.26. The summed E-state index contributed by atoms with van der Waals surface area (Å²) in [7, 11) is -3.42. The molecule has 1 aliphatic carbocycles. The standard InChI is InChI=1S/C10H19NO4S/c1-8-2-4-9(5-3-8)11-16(14,15)7-6-10(12)13/h8-9,11H,2-7H2,1H3,(H,12,13). The minimum absolute atomic E-state index is 0.00463. The first-order chi connectivity index (χ1) is 7.39. The molecular weight excluding hydrogens is 230 g/mol. The Kier molecular flexibility index (Phi) is 4.73. The zero-order chi connectivity index (χ0) is 12.2. The Morgan fingerprint density at radius 3 is 2.38 bits per heavy atom. The molecule has 1 rings (SSSR count). The molecule has 1 saturated carbocycles. The predicted molar refractivity (Wildman–Crippen MR) is 60.6 cm³/mol. The summed E-state index contributed by atoms with van der Waals surface area (Å²) < 4.78 is 25.6. The van der Waals surface area contributed by atoms with Gasteiger partial charge in [-0.2, -0.15) is 0 Å². The molecule has 0 bridgehead atoms. The lowest BCUT2D eigenvalue weighted by molar-refractivity contribution is -0.136. The molecule has 16 heavy (non-hydrogen) atoms. The Hall–Kier alpha value is -0.620. The van der Waals surface area contributed by atoms with Gasteiger partial charge in [-0.3, -0.25) is 4.79 Å². The molecule has 0 aromatic rings. The number of carboxylic acids is 1. The lowest BCUT2D eigenvalue weighted by atomic mass is 9.88. The Morgan fingerprint density at radius 2 is 1.88 bits per heavy atom. The molecule has 0 atom stereocenters. The van der Waals surface area contributed by atoms with Crippen molar-refractivity contribution in [3.63, 3.8) is 0 Å². The molecule has 0 saturated heterocycles. The van der Waals surface area contributed by atoms with Gasteiger partial charge in [0.1, 0.15) is 0 Å². The van der Waals surface area contributed by atoms with Gasteiger partial charge in [0.25, 0.3) is 0 Å². The second-order valence-corrected chi connectivity index (χ2v) is 6.41. The molecule has 1 aliphatic rings. The first-order valence-electron chi connectivity index (χ1n) is 5.61. The van der Waals surface area contributed by atoms with Gasteiger partial charge in [-0.05, 0) is 31.6 Å². The Balaban J connectivity index is 2.37. The van der Waals surface area contributed by atoms with Gasteiger partial charge in [-0.1, -0.05) is 6.92 Å². The number of hydrogen-bond donors (Lipinski definition) is 2. The second-order valence-electron chi connectivity index (χ2n) is 4.54. The van der Waals surface area contributed by atoms with Crippen molar-refractivity contribution in [2.45, 2.75) is 45.1 Å². The Bertz CT molecular complexity index is 331. The van der Waals surface area contributed by atoms with E-state index in [-0.39, 0.29) is 18.2 Å².